The van der Waals surface area contributed by atoms with Crippen molar-refractivity contribution in [3.63, 3.8) is 0 Å². The van der Waals surface area contributed by atoms with Gasteiger partial charge in [0.1, 0.15) is 11.6 Å². The number of rotatable bonds is 3. The van der Waals surface area contributed by atoms with E-state index >= 15 is 0 Å². The molecule has 0 amide bonds. The van der Waals surface area contributed by atoms with E-state index in [1.54, 1.807) is 0 Å². The van der Waals surface area contributed by atoms with Gasteiger partial charge in [0.05, 0.1) is 0 Å². The molecule has 1 saturated heterocycles. The Balaban J connectivity index is 2.19. The smallest absolute Gasteiger partial charge is 0.419 e. The molecule has 1 heterocycles. The van der Waals surface area contributed by atoms with Gasteiger partial charge in [0.2, 0.25) is 0 Å². The van der Waals surface area contributed by atoms with Gasteiger partial charge >= 0.3 is 18.3 Å². The van der Waals surface area contributed by atoms with Gasteiger partial charge in [0.25, 0.3) is 5.79 Å². The van der Waals surface area contributed by atoms with Gasteiger partial charge in [-0.15, -0.1) is 13.2 Å². The van der Waals surface area contributed by atoms with E-state index in [4.69, 9.17) is 9.47 Å². The second-order valence-corrected chi connectivity index (χ2v) is 5.10. The summed E-state index contributed by atoms with van der Waals surface area (Å²) in [5.41, 5.74) is -0.718. The van der Waals surface area contributed by atoms with Gasteiger partial charge in [-0.2, -0.15) is 0 Å². The molecule has 0 aromatic heterocycles. The molecule has 0 spiro atoms. The van der Waals surface area contributed by atoms with Crippen LogP contribution in [0.2, 0.25) is 0 Å². The van der Waals surface area contributed by atoms with Gasteiger partial charge in [0.15, 0.2) is 5.57 Å². The quantitative estimate of drug-likeness (QED) is 0.392. The second-order valence-electron chi connectivity index (χ2n) is 5.10. The molecule has 1 aromatic carbocycles. The van der Waals surface area contributed by atoms with Crippen molar-refractivity contribution in [1.29, 1.82) is 0 Å². The number of ether oxygens (including phenoxy) is 3. The monoisotopic (exact) mass is 349 g/mol. The lowest BCUT2D eigenvalue weighted by molar-refractivity contribution is -0.274. The molecule has 2 rings (SSSR count). The minimum Gasteiger partial charge on any atom is -0.419 e. The van der Waals surface area contributed by atoms with Crippen molar-refractivity contribution in [2.24, 2.45) is 0 Å². The Bertz CT molecular complexity index is 690. The fraction of sp³-hybridized carbons (Fsp3) is 0.286. The molecule has 10 heteroatoms. The van der Waals surface area contributed by atoms with E-state index in [-0.39, 0.29) is 5.69 Å². The van der Waals surface area contributed by atoms with E-state index < -0.39 is 41.2 Å². The number of carbonyl (C=O) groups excluding carboxylic acids is 2. The summed E-state index contributed by atoms with van der Waals surface area (Å²) >= 11 is 0. The van der Waals surface area contributed by atoms with Gasteiger partial charge < -0.3 is 19.5 Å². The first-order valence-electron chi connectivity index (χ1n) is 6.45. The molecule has 1 aliphatic rings. The highest BCUT2D eigenvalue weighted by atomic mass is 19.4. The number of hydrogen-bond acceptors (Lipinski definition) is 6. The first-order valence-corrected chi connectivity index (χ1v) is 6.45. The van der Waals surface area contributed by atoms with Gasteiger partial charge in [0, 0.05) is 37.9 Å². The van der Waals surface area contributed by atoms with E-state index in [2.05, 4.69) is 10.1 Å². The first kappa shape index (κ1) is 17.6. The molecule has 6 nitrogen and oxygen atoms in total. The first-order chi connectivity index (χ1) is 11.0. The van der Waals surface area contributed by atoms with Crippen molar-refractivity contribution in [3.05, 3.63) is 35.8 Å². The zero-order chi connectivity index (χ0) is 18.1. The molecule has 130 valence electrons. The van der Waals surface area contributed by atoms with E-state index in [9.17, 15) is 27.2 Å². The Morgan fingerprint density at radius 2 is 1.71 bits per heavy atom. The van der Waals surface area contributed by atoms with E-state index in [0.29, 0.717) is 6.07 Å². The molecule has 1 aromatic rings. The van der Waals surface area contributed by atoms with Crippen LogP contribution in [0.4, 0.5) is 23.2 Å². The lowest BCUT2D eigenvalue weighted by atomic mass is 10.2. The van der Waals surface area contributed by atoms with Crippen molar-refractivity contribution in [3.8, 4) is 5.75 Å². The highest BCUT2D eigenvalue weighted by Gasteiger charge is 2.39. The average Bonchev–Trinajstić information content (AvgIpc) is 2.33. The highest BCUT2D eigenvalue weighted by molar-refractivity contribution is 6.15. The zero-order valence-electron chi connectivity index (χ0n) is 12.4. The number of halogens is 4. The molecule has 1 aliphatic heterocycles. The third kappa shape index (κ3) is 4.61. The number of nitrogens with one attached hydrogen (secondary N) is 1. The number of anilines is 1. The highest BCUT2D eigenvalue weighted by Crippen LogP contribution is 2.27. The van der Waals surface area contributed by atoms with E-state index in [0.717, 1.165) is 18.3 Å². The van der Waals surface area contributed by atoms with Crippen LogP contribution in [0.15, 0.2) is 30.0 Å². The summed E-state index contributed by atoms with van der Waals surface area (Å²) < 4.78 is 63.0. The van der Waals surface area contributed by atoms with Crippen LogP contribution in [0.1, 0.15) is 13.8 Å². The summed E-state index contributed by atoms with van der Waals surface area (Å²) in [5, 5.41) is 2.32. The Morgan fingerprint density at radius 1 is 1.12 bits per heavy atom. The number of carbonyl (C=O) groups is 2. The molecule has 1 N–H and O–H groups in total. The maximum absolute atomic E-state index is 13.3. The molecule has 1 fully saturated rings. The van der Waals surface area contributed by atoms with Crippen LogP contribution < -0.4 is 10.1 Å². The number of benzene rings is 1. The predicted molar refractivity (Wildman–Crippen MR) is 71.1 cm³/mol. The van der Waals surface area contributed by atoms with Gasteiger partial charge in [-0.1, -0.05) is 0 Å². The summed E-state index contributed by atoms with van der Waals surface area (Å²) in [5.74, 6) is -5.25. The third-order valence-corrected chi connectivity index (χ3v) is 2.60. The average molecular weight is 349 g/mol. The summed E-state index contributed by atoms with van der Waals surface area (Å²) in [6.45, 7) is 2.70. The fourth-order valence-corrected chi connectivity index (χ4v) is 1.77. The molecule has 0 unspecified atom stereocenters. The number of hydrogen-bond donors (Lipinski definition) is 1. The Hall–Kier alpha value is -2.78. The minimum absolute atomic E-state index is 0.188. The Kier molecular flexibility index (Phi) is 4.41. The molecule has 0 atom stereocenters. The maximum atomic E-state index is 13.3. The predicted octanol–water partition coefficient (Wildman–Crippen LogP) is 2.86. The fourth-order valence-electron chi connectivity index (χ4n) is 1.77. The van der Waals surface area contributed by atoms with Crippen LogP contribution in [-0.2, 0) is 19.1 Å². The number of cyclic esters (lactones) is 2. The zero-order valence-corrected chi connectivity index (χ0v) is 12.4. The van der Waals surface area contributed by atoms with Crippen LogP contribution in [0.25, 0.3) is 0 Å². The second kappa shape index (κ2) is 6.02. The third-order valence-electron chi connectivity index (χ3n) is 2.60. The topological polar surface area (TPSA) is 73.9 Å². The van der Waals surface area contributed by atoms with E-state index in [1.807, 2.05) is 0 Å². The molecule has 0 aliphatic carbocycles. The van der Waals surface area contributed by atoms with Crippen LogP contribution in [0.3, 0.4) is 0 Å². The largest absolute Gasteiger partial charge is 0.573 e. The summed E-state index contributed by atoms with van der Waals surface area (Å²) in [7, 11) is 0. The molecule has 24 heavy (non-hydrogen) atoms. The number of alkyl halides is 3. The summed E-state index contributed by atoms with van der Waals surface area (Å²) in [4.78, 5) is 23.4. The van der Waals surface area contributed by atoms with Crippen LogP contribution in [-0.4, -0.2) is 24.1 Å². The maximum Gasteiger partial charge on any atom is 0.573 e. The summed E-state index contributed by atoms with van der Waals surface area (Å²) in [6, 6.07) is 2.19. The minimum atomic E-state index is -4.99. The lowest BCUT2D eigenvalue weighted by Gasteiger charge is -2.29. The molecular formula is C14H11F4NO5. The molecule has 0 radical (unpaired) electrons. The standard InChI is InChI=1S/C14H11F4NO5/c1-13(2)23-11(20)10(12(21)24-13)6-19-8-3-7(15)4-9(5-8)22-14(16,17)18/h3-6,19H,1-2H3. The Labute approximate surface area is 133 Å². The normalized spacial score (nSPS) is 17.0. The summed E-state index contributed by atoms with van der Waals surface area (Å²) in [6.07, 6.45) is -4.15. The van der Waals surface area contributed by atoms with Crippen molar-refractivity contribution in [1.82, 2.24) is 0 Å². The van der Waals surface area contributed by atoms with Crippen LogP contribution in [0.5, 0.6) is 5.75 Å². The van der Waals surface area contributed by atoms with Gasteiger partial charge in [-0.25, -0.2) is 14.0 Å². The van der Waals surface area contributed by atoms with E-state index in [1.165, 1.54) is 13.8 Å². The van der Waals surface area contributed by atoms with Crippen molar-refractivity contribution >= 4 is 17.6 Å². The lowest BCUT2D eigenvalue weighted by Crippen LogP contribution is -2.42. The molecular weight excluding hydrogens is 338 g/mol. The number of esters is 2. The van der Waals surface area contributed by atoms with Crippen LogP contribution in [0, 0.1) is 5.82 Å². The molecule has 0 saturated carbocycles. The Morgan fingerprint density at radius 3 is 2.25 bits per heavy atom. The van der Waals surface area contributed by atoms with Crippen LogP contribution >= 0.6 is 0 Å². The van der Waals surface area contributed by atoms with Crippen molar-refractivity contribution < 1.29 is 41.4 Å². The van der Waals surface area contributed by atoms with Crippen molar-refractivity contribution in [2.75, 3.05) is 5.32 Å². The molecule has 0 bridgehead atoms. The van der Waals surface area contributed by atoms with Gasteiger partial charge in [-0.05, 0) is 6.07 Å². The van der Waals surface area contributed by atoms with Crippen molar-refractivity contribution in [2.45, 2.75) is 26.0 Å². The van der Waals surface area contributed by atoms with Gasteiger partial charge in [-0.3, -0.25) is 0 Å². The SMILES string of the molecule is CC1(C)OC(=O)C(=CNc2cc(F)cc(OC(F)(F)F)c2)C(=O)O1.